The number of nitrogens with one attached hydrogen (secondary N) is 2. The SMILES string of the molecule is COCCCNC(=O)CNC(C)c1ccc(-c2ccccc2)cc1. The maximum atomic E-state index is 11.8. The molecule has 0 aliphatic carbocycles. The Morgan fingerprint density at radius 1 is 1.04 bits per heavy atom. The molecular formula is C20H26N2O2. The number of methoxy groups -OCH3 is 1. The molecule has 1 amide bonds. The van der Waals surface area contributed by atoms with Crippen LogP contribution in [0.15, 0.2) is 54.6 Å². The van der Waals surface area contributed by atoms with Gasteiger partial charge < -0.3 is 15.4 Å². The van der Waals surface area contributed by atoms with Crippen LogP contribution in [0.3, 0.4) is 0 Å². The number of carbonyl (C=O) groups is 1. The molecule has 4 heteroatoms. The minimum absolute atomic E-state index is 0.0128. The van der Waals surface area contributed by atoms with Gasteiger partial charge in [0, 0.05) is 26.3 Å². The summed E-state index contributed by atoms with van der Waals surface area (Å²) in [4.78, 5) is 11.8. The highest BCUT2D eigenvalue weighted by Crippen LogP contribution is 2.21. The molecule has 4 nitrogen and oxygen atoms in total. The first-order valence-corrected chi connectivity index (χ1v) is 8.35. The first-order valence-electron chi connectivity index (χ1n) is 8.35. The Hall–Kier alpha value is -2.17. The van der Waals surface area contributed by atoms with Crippen LogP contribution in [0, 0.1) is 0 Å². The second-order valence-electron chi connectivity index (χ2n) is 5.79. The Kier molecular flexibility index (Phi) is 7.46. The van der Waals surface area contributed by atoms with Crippen LogP contribution in [0.25, 0.3) is 11.1 Å². The smallest absolute Gasteiger partial charge is 0.233 e. The van der Waals surface area contributed by atoms with Gasteiger partial charge in [0.05, 0.1) is 6.54 Å². The maximum absolute atomic E-state index is 11.8. The second-order valence-corrected chi connectivity index (χ2v) is 5.79. The summed E-state index contributed by atoms with van der Waals surface area (Å²) >= 11 is 0. The first-order chi connectivity index (χ1) is 11.7. The number of hydrogen-bond acceptors (Lipinski definition) is 3. The molecule has 0 radical (unpaired) electrons. The Morgan fingerprint density at radius 3 is 2.38 bits per heavy atom. The van der Waals surface area contributed by atoms with Crippen LogP contribution in [0.5, 0.6) is 0 Å². The molecule has 0 heterocycles. The Bertz CT molecular complexity index is 611. The summed E-state index contributed by atoms with van der Waals surface area (Å²) in [6, 6.07) is 18.9. The van der Waals surface area contributed by atoms with E-state index in [1.54, 1.807) is 7.11 Å². The zero-order chi connectivity index (χ0) is 17.2. The molecule has 2 N–H and O–H groups in total. The predicted octanol–water partition coefficient (Wildman–Crippen LogP) is 3.16. The van der Waals surface area contributed by atoms with E-state index in [9.17, 15) is 4.79 Å². The fourth-order valence-corrected chi connectivity index (χ4v) is 2.47. The minimum Gasteiger partial charge on any atom is -0.385 e. The normalized spacial score (nSPS) is 11.9. The van der Waals surface area contributed by atoms with Gasteiger partial charge in [0.1, 0.15) is 0 Å². The fraction of sp³-hybridized carbons (Fsp3) is 0.350. The number of carbonyl (C=O) groups excluding carboxylic acids is 1. The average molecular weight is 326 g/mol. The molecule has 0 spiro atoms. The van der Waals surface area contributed by atoms with Crippen LogP contribution in [0.2, 0.25) is 0 Å². The monoisotopic (exact) mass is 326 g/mol. The Balaban J connectivity index is 1.80. The molecule has 0 aromatic heterocycles. The predicted molar refractivity (Wildman–Crippen MR) is 97.8 cm³/mol. The lowest BCUT2D eigenvalue weighted by Crippen LogP contribution is -2.35. The van der Waals surface area contributed by atoms with Gasteiger partial charge in [-0.05, 0) is 30.0 Å². The van der Waals surface area contributed by atoms with Crippen molar-refractivity contribution in [2.75, 3.05) is 26.8 Å². The third-order valence-electron chi connectivity index (χ3n) is 3.93. The van der Waals surface area contributed by atoms with Gasteiger partial charge in [0.2, 0.25) is 5.91 Å². The van der Waals surface area contributed by atoms with Crippen molar-refractivity contribution in [3.63, 3.8) is 0 Å². The standard InChI is InChI=1S/C20H26N2O2/c1-16(22-15-20(23)21-13-6-14-24-2)17-9-11-19(12-10-17)18-7-4-3-5-8-18/h3-5,7-12,16,22H,6,13-15H2,1-2H3,(H,21,23). The van der Waals surface area contributed by atoms with Crippen molar-refractivity contribution in [3.8, 4) is 11.1 Å². The topological polar surface area (TPSA) is 50.4 Å². The van der Waals surface area contributed by atoms with Crippen LogP contribution in [-0.4, -0.2) is 32.7 Å². The molecule has 0 fully saturated rings. The number of hydrogen-bond donors (Lipinski definition) is 2. The number of benzene rings is 2. The lowest BCUT2D eigenvalue weighted by molar-refractivity contribution is -0.120. The van der Waals surface area contributed by atoms with Gasteiger partial charge in [0.15, 0.2) is 0 Å². The molecule has 0 saturated carbocycles. The van der Waals surface area contributed by atoms with Gasteiger partial charge in [-0.1, -0.05) is 54.6 Å². The number of amides is 1. The van der Waals surface area contributed by atoms with E-state index in [1.807, 2.05) is 18.2 Å². The molecule has 0 aliphatic rings. The van der Waals surface area contributed by atoms with E-state index < -0.39 is 0 Å². The summed E-state index contributed by atoms with van der Waals surface area (Å²) in [5, 5.41) is 6.13. The van der Waals surface area contributed by atoms with E-state index in [0.29, 0.717) is 19.7 Å². The molecule has 0 aliphatic heterocycles. The summed E-state index contributed by atoms with van der Waals surface area (Å²) in [5.74, 6) is 0.0128. The van der Waals surface area contributed by atoms with E-state index in [1.165, 1.54) is 16.7 Å². The van der Waals surface area contributed by atoms with Crippen LogP contribution in [0.1, 0.15) is 24.9 Å². The zero-order valence-corrected chi connectivity index (χ0v) is 14.4. The van der Waals surface area contributed by atoms with Crippen LogP contribution in [0.4, 0.5) is 0 Å². The van der Waals surface area contributed by atoms with E-state index in [-0.39, 0.29) is 11.9 Å². The zero-order valence-electron chi connectivity index (χ0n) is 14.4. The lowest BCUT2D eigenvalue weighted by Gasteiger charge is -2.15. The van der Waals surface area contributed by atoms with Crippen molar-refractivity contribution < 1.29 is 9.53 Å². The summed E-state index contributed by atoms with van der Waals surface area (Å²) < 4.78 is 4.95. The Morgan fingerprint density at radius 2 is 1.71 bits per heavy atom. The first kappa shape index (κ1) is 18.2. The summed E-state index contributed by atoms with van der Waals surface area (Å²) in [5.41, 5.74) is 3.57. The van der Waals surface area contributed by atoms with E-state index in [4.69, 9.17) is 4.74 Å². The molecule has 2 rings (SSSR count). The number of ether oxygens (including phenoxy) is 1. The minimum atomic E-state index is 0.0128. The largest absolute Gasteiger partial charge is 0.385 e. The summed E-state index contributed by atoms with van der Waals surface area (Å²) in [7, 11) is 1.66. The molecule has 128 valence electrons. The highest BCUT2D eigenvalue weighted by molar-refractivity contribution is 5.78. The van der Waals surface area contributed by atoms with Crippen LogP contribution >= 0.6 is 0 Å². The van der Waals surface area contributed by atoms with Gasteiger partial charge in [-0.25, -0.2) is 0 Å². The van der Waals surface area contributed by atoms with E-state index in [0.717, 1.165) is 6.42 Å². The third kappa shape index (κ3) is 5.80. The molecular weight excluding hydrogens is 300 g/mol. The fourth-order valence-electron chi connectivity index (χ4n) is 2.47. The molecule has 24 heavy (non-hydrogen) atoms. The van der Waals surface area contributed by atoms with Gasteiger partial charge in [-0.3, -0.25) is 4.79 Å². The van der Waals surface area contributed by atoms with Gasteiger partial charge in [-0.2, -0.15) is 0 Å². The van der Waals surface area contributed by atoms with Gasteiger partial charge >= 0.3 is 0 Å². The average Bonchev–Trinajstić information content (AvgIpc) is 2.64. The molecule has 0 saturated heterocycles. The molecule has 2 aromatic carbocycles. The van der Waals surface area contributed by atoms with Crippen molar-refractivity contribution in [1.29, 1.82) is 0 Å². The third-order valence-corrected chi connectivity index (χ3v) is 3.93. The quantitative estimate of drug-likeness (QED) is 0.696. The molecule has 1 unspecified atom stereocenters. The summed E-state index contributed by atoms with van der Waals surface area (Å²) in [6.07, 6.45) is 0.832. The van der Waals surface area contributed by atoms with Gasteiger partial charge in [-0.15, -0.1) is 0 Å². The molecule has 1 atom stereocenters. The Labute approximate surface area is 144 Å². The van der Waals surface area contributed by atoms with Crippen molar-refractivity contribution >= 4 is 5.91 Å². The van der Waals surface area contributed by atoms with Crippen LogP contribution < -0.4 is 10.6 Å². The lowest BCUT2D eigenvalue weighted by atomic mass is 10.0. The van der Waals surface area contributed by atoms with Crippen molar-refractivity contribution in [2.24, 2.45) is 0 Å². The summed E-state index contributed by atoms with van der Waals surface area (Å²) in [6.45, 7) is 3.69. The van der Waals surface area contributed by atoms with Crippen molar-refractivity contribution in [3.05, 3.63) is 60.2 Å². The highest BCUT2D eigenvalue weighted by atomic mass is 16.5. The van der Waals surface area contributed by atoms with E-state index >= 15 is 0 Å². The molecule has 0 bridgehead atoms. The molecule has 2 aromatic rings. The van der Waals surface area contributed by atoms with Crippen LogP contribution in [-0.2, 0) is 9.53 Å². The van der Waals surface area contributed by atoms with Crippen molar-refractivity contribution in [2.45, 2.75) is 19.4 Å². The maximum Gasteiger partial charge on any atom is 0.233 e. The van der Waals surface area contributed by atoms with Crippen molar-refractivity contribution in [1.82, 2.24) is 10.6 Å². The number of rotatable bonds is 9. The second kappa shape index (κ2) is 9.85. The van der Waals surface area contributed by atoms with Gasteiger partial charge in [0.25, 0.3) is 0 Å². The van der Waals surface area contributed by atoms with E-state index in [2.05, 4.69) is 54.0 Å². The highest BCUT2D eigenvalue weighted by Gasteiger charge is 2.08.